The maximum Gasteiger partial charge on any atom is 0.191 e. The van der Waals surface area contributed by atoms with Gasteiger partial charge < -0.3 is 20.1 Å². The van der Waals surface area contributed by atoms with Gasteiger partial charge in [-0.15, -0.1) is 0 Å². The molecule has 0 aromatic heterocycles. The largest absolute Gasteiger partial charge is 0.497 e. The maximum absolute atomic E-state index is 5.59. The fraction of sp³-hybridized carbons (Fsp3) is 0.462. The summed E-state index contributed by atoms with van der Waals surface area (Å²) >= 11 is 0. The van der Waals surface area contributed by atoms with Crippen molar-refractivity contribution in [2.75, 3.05) is 26.8 Å². The number of aliphatic imine (C=N–C) groups is 1. The Labute approximate surface area is 107 Å². The first-order valence-electron chi connectivity index (χ1n) is 6.09. The van der Waals surface area contributed by atoms with Gasteiger partial charge in [-0.3, -0.25) is 4.99 Å². The summed E-state index contributed by atoms with van der Waals surface area (Å²) in [5.74, 6) is 2.53. The molecule has 2 N–H and O–H groups in total. The van der Waals surface area contributed by atoms with Crippen LogP contribution in [-0.4, -0.2) is 38.8 Å². The Morgan fingerprint density at radius 2 is 2.06 bits per heavy atom. The summed E-state index contributed by atoms with van der Waals surface area (Å²) in [6, 6.07) is 7.98. The molecule has 1 unspecified atom stereocenters. The van der Waals surface area contributed by atoms with E-state index in [1.165, 1.54) is 0 Å². The third-order valence-corrected chi connectivity index (χ3v) is 2.63. The van der Waals surface area contributed by atoms with Crippen molar-refractivity contribution in [3.63, 3.8) is 0 Å². The lowest BCUT2D eigenvalue weighted by atomic mass is 10.3. The molecule has 2 rings (SSSR count). The third kappa shape index (κ3) is 3.55. The molecule has 1 atom stereocenters. The van der Waals surface area contributed by atoms with E-state index in [0.29, 0.717) is 12.6 Å². The van der Waals surface area contributed by atoms with Gasteiger partial charge >= 0.3 is 0 Å². The topological polar surface area (TPSA) is 54.9 Å². The molecular weight excluding hydrogens is 230 g/mol. The molecule has 1 aromatic rings. The zero-order chi connectivity index (χ0) is 12.8. The highest BCUT2D eigenvalue weighted by Gasteiger charge is 2.10. The quantitative estimate of drug-likeness (QED) is 0.765. The molecule has 1 aliphatic rings. The second kappa shape index (κ2) is 6.14. The maximum atomic E-state index is 5.59. The van der Waals surface area contributed by atoms with Crippen LogP contribution < -0.4 is 20.1 Å². The minimum absolute atomic E-state index is 0.426. The second-order valence-corrected chi connectivity index (χ2v) is 4.19. The van der Waals surface area contributed by atoms with E-state index in [0.717, 1.165) is 30.5 Å². The van der Waals surface area contributed by atoms with Gasteiger partial charge in [-0.1, -0.05) is 0 Å². The Morgan fingerprint density at radius 3 is 2.67 bits per heavy atom. The highest BCUT2D eigenvalue weighted by molar-refractivity contribution is 5.81. The highest BCUT2D eigenvalue weighted by Crippen LogP contribution is 2.16. The van der Waals surface area contributed by atoms with Crippen LogP contribution in [0.2, 0.25) is 0 Å². The smallest absolute Gasteiger partial charge is 0.191 e. The molecular formula is C13H19N3O2. The predicted molar refractivity (Wildman–Crippen MR) is 71.4 cm³/mol. The summed E-state index contributed by atoms with van der Waals surface area (Å²) in [4.78, 5) is 4.31. The Balaban J connectivity index is 1.65. The van der Waals surface area contributed by atoms with Crippen molar-refractivity contribution in [2.45, 2.75) is 13.0 Å². The standard InChI is InChI=1S/C13H19N3O2/c1-10-9-15-13(16-10)14-7-8-18-12-5-3-11(17-2)4-6-12/h3-6,10H,7-9H2,1-2H3,(H2,14,15,16). The number of nitrogens with one attached hydrogen (secondary N) is 2. The van der Waals surface area contributed by atoms with Gasteiger partial charge in [-0.25, -0.2) is 0 Å². The summed E-state index contributed by atoms with van der Waals surface area (Å²) in [5, 5.41) is 6.43. The van der Waals surface area contributed by atoms with Gasteiger partial charge in [0, 0.05) is 6.04 Å². The zero-order valence-electron chi connectivity index (χ0n) is 10.8. The Kier molecular flexibility index (Phi) is 4.28. The van der Waals surface area contributed by atoms with Crippen LogP contribution in [-0.2, 0) is 0 Å². The Morgan fingerprint density at radius 1 is 1.33 bits per heavy atom. The van der Waals surface area contributed by atoms with Gasteiger partial charge in [0.15, 0.2) is 5.96 Å². The van der Waals surface area contributed by atoms with Crippen LogP contribution in [0.3, 0.4) is 0 Å². The van der Waals surface area contributed by atoms with Crippen molar-refractivity contribution in [1.29, 1.82) is 0 Å². The monoisotopic (exact) mass is 249 g/mol. The van der Waals surface area contributed by atoms with E-state index in [1.54, 1.807) is 7.11 Å². The summed E-state index contributed by atoms with van der Waals surface area (Å²) < 4.78 is 10.7. The highest BCUT2D eigenvalue weighted by atomic mass is 16.5. The first-order valence-corrected chi connectivity index (χ1v) is 6.09. The molecule has 0 saturated carbocycles. The number of ether oxygens (including phenoxy) is 2. The molecule has 1 aromatic carbocycles. The van der Waals surface area contributed by atoms with Crippen molar-refractivity contribution >= 4 is 5.96 Å². The van der Waals surface area contributed by atoms with Gasteiger partial charge in [-0.05, 0) is 31.2 Å². The predicted octanol–water partition coefficient (Wildman–Crippen LogP) is 1.01. The lowest BCUT2D eigenvalue weighted by Crippen LogP contribution is -2.39. The molecule has 98 valence electrons. The van der Waals surface area contributed by atoms with E-state index >= 15 is 0 Å². The minimum Gasteiger partial charge on any atom is -0.497 e. The number of benzene rings is 1. The number of methoxy groups -OCH3 is 1. The van der Waals surface area contributed by atoms with Gasteiger partial charge in [0.05, 0.1) is 20.2 Å². The van der Waals surface area contributed by atoms with Gasteiger partial charge in [0.2, 0.25) is 0 Å². The number of hydrogen-bond donors (Lipinski definition) is 2. The van der Waals surface area contributed by atoms with E-state index < -0.39 is 0 Å². The fourth-order valence-electron chi connectivity index (χ4n) is 1.67. The van der Waals surface area contributed by atoms with Crippen molar-refractivity contribution in [1.82, 2.24) is 10.6 Å². The average molecular weight is 249 g/mol. The van der Waals surface area contributed by atoms with Crippen LogP contribution in [0.25, 0.3) is 0 Å². The van der Waals surface area contributed by atoms with Crippen LogP contribution in [0, 0.1) is 0 Å². The molecule has 0 fully saturated rings. The van der Waals surface area contributed by atoms with Crippen LogP contribution in [0.5, 0.6) is 11.5 Å². The fourth-order valence-corrected chi connectivity index (χ4v) is 1.67. The molecule has 0 bridgehead atoms. The summed E-state index contributed by atoms with van der Waals surface area (Å²) in [6.45, 7) is 4.26. The SMILES string of the molecule is COc1ccc(OCCNC2=NCC(C)N2)cc1. The first-order chi connectivity index (χ1) is 8.78. The molecule has 0 aliphatic carbocycles. The molecule has 5 heteroatoms. The minimum atomic E-state index is 0.426. The molecule has 0 spiro atoms. The van der Waals surface area contributed by atoms with Gasteiger partial charge in [0.25, 0.3) is 0 Å². The van der Waals surface area contributed by atoms with E-state index in [-0.39, 0.29) is 0 Å². The van der Waals surface area contributed by atoms with Crippen molar-refractivity contribution in [3.8, 4) is 11.5 Å². The molecule has 1 heterocycles. The summed E-state index contributed by atoms with van der Waals surface area (Å²) in [6.07, 6.45) is 0. The molecule has 5 nitrogen and oxygen atoms in total. The first kappa shape index (κ1) is 12.5. The summed E-state index contributed by atoms with van der Waals surface area (Å²) in [7, 11) is 1.65. The van der Waals surface area contributed by atoms with E-state index in [2.05, 4.69) is 22.5 Å². The van der Waals surface area contributed by atoms with Gasteiger partial charge in [-0.2, -0.15) is 0 Å². The van der Waals surface area contributed by atoms with Crippen LogP contribution >= 0.6 is 0 Å². The number of hydrogen-bond acceptors (Lipinski definition) is 5. The summed E-state index contributed by atoms with van der Waals surface area (Å²) in [5.41, 5.74) is 0. The van der Waals surface area contributed by atoms with E-state index in [4.69, 9.17) is 9.47 Å². The number of guanidine groups is 1. The van der Waals surface area contributed by atoms with E-state index in [1.807, 2.05) is 24.3 Å². The van der Waals surface area contributed by atoms with Crippen molar-refractivity contribution < 1.29 is 9.47 Å². The normalized spacial score (nSPS) is 17.9. The zero-order valence-corrected chi connectivity index (χ0v) is 10.8. The van der Waals surface area contributed by atoms with Crippen LogP contribution in [0.1, 0.15) is 6.92 Å². The third-order valence-electron chi connectivity index (χ3n) is 2.63. The van der Waals surface area contributed by atoms with Crippen molar-refractivity contribution in [3.05, 3.63) is 24.3 Å². The Hall–Kier alpha value is -1.91. The number of nitrogens with zero attached hydrogens (tertiary/aromatic N) is 1. The van der Waals surface area contributed by atoms with E-state index in [9.17, 15) is 0 Å². The molecule has 0 radical (unpaired) electrons. The average Bonchev–Trinajstić information content (AvgIpc) is 2.81. The number of rotatable bonds is 5. The van der Waals surface area contributed by atoms with Crippen LogP contribution in [0.15, 0.2) is 29.3 Å². The van der Waals surface area contributed by atoms with Crippen LogP contribution in [0.4, 0.5) is 0 Å². The molecule has 1 aliphatic heterocycles. The Bertz CT molecular complexity index is 403. The van der Waals surface area contributed by atoms with Gasteiger partial charge in [0.1, 0.15) is 18.1 Å². The molecule has 18 heavy (non-hydrogen) atoms. The van der Waals surface area contributed by atoms with Crippen molar-refractivity contribution in [2.24, 2.45) is 4.99 Å². The molecule has 0 saturated heterocycles. The lowest BCUT2D eigenvalue weighted by molar-refractivity contribution is 0.321. The molecule has 0 amide bonds. The second-order valence-electron chi connectivity index (χ2n) is 4.19. The lowest BCUT2D eigenvalue weighted by Gasteiger charge is -2.10.